The van der Waals surface area contributed by atoms with Gasteiger partial charge in [0.05, 0.1) is 0 Å². The molecule has 0 fully saturated rings. The molecule has 1 unspecified atom stereocenters. The van der Waals surface area contributed by atoms with Gasteiger partial charge in [-0.25, -0.2) is 0 Å². The van der Waals surface area contributed by atoms with Crippen molar-refractivity contribution in [1.29, 1.82) is 0 Å². The molecule has 118 valence electrons. The van der Waals surface area contributed by atoms with Gasteiger partial charge in [0, 0.05) is 28.6 Å². The van der Waals surface area contributed by atoms with E-state index in [1.165, 1.54) is 22.2 Å². The van der Waals surface area contributed by atoms with Gasteiger partial charge in [0.15, 0.2) is 5.82 Å². The van der Waals surface area contributed by atoms with Crippen molar-refractivity contribution in [2.75, 3.05) is 5.32 Å². The SMILES string of the molecule is Cc1ccc2[nH]c3c(c2c1)CC(C(=O)Nc1cc(C)on1)CC3. The van der Waals surface area contributed by atoms with Crippen LogP contribution in [0.25, 0.3) is 10.9 Å². The average molecular weight is 309 g/mol. The minimum Gasteiger partial charge on any atom is -0.360 e. The number of benzene rings is 1. The van der Waals surface area contributed by atoms with E-state index in [4.69, 9.17) is 4.52 Å². The van der Waals surface area contributed by atoms with Gasteiger partial charge in [-0.2, -0.15) is 0 Å². The van der Waals surface area contributed by atoms with E-state index < -0.39 is 0 Å². The summed E-state index contributed by atoms with van der Waals surface area (Å²) in [6, 6.07) is 8.17. The van der Waals surface area contributed by atoms with E-state index >= 15 is 0 Å². The normalized spacial score (nSPS) is 17.2. The monoisotopic (exact) mass is 309 g/mol. The number of aromatic nitrogens is 2. The van der Waals surface area contributed by atoms with E-state index in [-0.39, 0.29) is 11.8 Å². The number of nitrogens with one attached hydrogen (secondary N) is 2. The fourth-order valence-corrected chi connectivity index (χ4v) is 3.41. The van der Waals surface area contributed by atoms with Crippen molar-refractivity contribution in [3.63, 3.8) is 0 Å². The third-order valence-electron chi connectivity index (χ3n) is 4.59. The first-order chi connectivity index (χ1) is 11.1. The second-order valence-corrected chi connectivity index (χ2v) is 6.38. The number of aryl methyl sites for hydroxylation is 3. The van der Waals surface area contributed by atoms with Crippen LogP contribution in [-0.4, -0.2) is 16.0 Å². The summed E-state index contributed by atoms with van der Waals surface area (Å²) in [5.74, 6) is 1.18. The van der Waals surface area contributed by atoms with E-state index in [2.05, 4.69) is 40.6 Å². The number of hydrogen-bond donors (Lipinski definition) is 2. The Hall–Kier alpha value is -2.56. The minimum absolute atomic E-state index is 0.0194. The summed E-state index contributed by atoms with van der Waals surface area (Å²) in [6.07, 6.45) is 2.52. The molecule has 1 amide bonds. The standard InChI is InChI=1S/C18H19N3O2/c1-10-3-5-15-13(7-10)14-9-12(4-6-16(14)19-15)18(22)20-17-8-11(2)23-21-17/h3,5,7-8,12,19H,4,6,9H2,1-2H3,(H,20,21,22). The van der Waals surface area contributed by atoms with Gasteiger partial charge in [-0.15, -0.1) is 0 Å². The molecule has 0 saturated carbocycles. The van der Waals surface area contributed by atoms with Crippen molar-refractivity contribution in [3.8, 4) is 0 Å². The Balaban J connectivity index is 1.59. The van der Waals surface area contributed by atoms with E-state index in [0.717, 1.165) is 24.8 Å². The van der Waals surface area contributed by atoms with Gasteiger partial charge < -0.3 is 14.8 Å². The molecule has 0 radical (unpaired) electrons. The zero-order chi connectivity index (χ0) is 16.0. The Labute approximate surface area is 134 Å². The van der Waals surface area contributed by atoms with E-state index in [1.807, 2.05) is 6.92 Å². The summed E-state index contributed by atoms with van der Waals surface area (Å²) >= 11 is 0. The number of carbonyl (C=O) groups excluding carboxylic acids is 1. The maximum absolute atomic E-state index is 12.5. The molecule has 1 aliphatic carbocycles. The molecule has 5 heteroatoms. The quantitative estimate of drug-likeness (QED) is 0.761. The van der Waals surface area contributed by atoms with Crippen molar-refractivity contribution in [2.24, 2.45) is 5.92 Å². The molecule has 0 bridgehead atoms. The van der Waals surface area contributed by atoms with Crippen LogP contribution in [0.3, 0.4) is 0 Å². The topological polar surface area (TPSA) is 70.9 Å². The van der Waals surface area contributed by atoms with Crippen molar-refractivity contribution in [1.82, 2.24) is 10.1 Å². The third-order valence-corrected chi connectivity index (χ3v) is 4.59. The molecule has 1 aliphatic rings. The highest BCUT2D eigenvalue weighted by atomic mass is 16.5. The first kappa shape index (κ1) is 14.1. The molecule has 4 rings (SSSR count). The van der Waals surface area contributed by atoms with Crippen molar-refractivity contribution < 1.29 is 9.32 Å². The molecule has 2 N–H and O–H groups in total. The van der Waals surface area contributed by atoms with Crippen LogP contribution in [0.5, 0.6) is 0 Å². The molecular formula is C18H19N3O2. The van der Waals surface area contributed by atoms with Crippen molar-refractivity contribution in [3.05, 3.63) is 46.8 Å². The van der Waals surface area contributed by atoms with Gasteiger partial charge >= 0.3 is 0 Å². The second-order valence-electron chi connectivity index (χ2n) is 6.38. The second kappa shape index (κ2) is 5.26. The molecule has 1 atom stereocenters. The highest BCUT2D eigenvalue weighted by Crippen LogP contribution is 2.32. The highest BCUT2D eigenvalue weighted by molar-refractivity contribution is 5.93. The van der Waals surface area contributed by atoms with E-state index in [9.17, 15) is 4.79 Å². The first-order valence-corrected chi connectivity index (χ1v) is 7.94. The lowest BCUT2D eigenvalue weighted by molar-refractivity contribution is -0.120. The minimum atomic E-state index is -0.0287. The van der Waals surface area contributed by atoms with E-state index in [0.29, 0.717) is 11.6 Å². The molecule has 0 saturated heterocycles. The molecule has 23 heavy (non-hydrogen) atoms. The predicted octanol–water partition coefficient (Wildman–Crippen LogP) is 3.52. The lowest BCUT2D eigenvalue weighted by Crippen LogP contribution is -2.28. The lowest BCUT2D eigenvalue weighted by Gasteiger charge is -2.21. The van der Waals surface area contributed by atoms with Gasteiger partial charge in [0.2, 0.25) is 5.91 Å². The largest absolute Gasteiger partial charge is 0.360 e. The number of rotatable bonds is 2. The zero-order valence-corrected chi connectivity index (χ0v) is 13.3. The zero-order valence-electron chi connectivity index (χ0n) is 13.3. The summed E-state index contributed by atoms with van der Waals surface area (Å²) in [4.78, 5) is 16.0. The maximum atomic E-state index is 12.5. The fraction of sp³-hybridized carbons (Fsp3) is 0.333. The number of hydrogen-bond acceptors (Lipinski definition) is 3. The van der Waals surface area contributed by atoms with Crippen LogP contribution in [0.4, 0.5) is 5.82 Å². The molecule has 1 aromatic carbocycles. The maximum Gasteiger partial charge on any atom is 0.229 e. The van der Waals surface area contributed by atoms with Gasteiger partial charge in [-0.05, 0) is 50.8 Å². The Morgan fingerprint density at radius 1 is 1.35 bits per heavy atom. The molecule has 3 aromatic rings. The Kier molecular flexibility index (Phi) is 3.22. The number of carbonyl (C=O) groups is 1. The number of anilines is 1. The molecular weight excluding hydrogens is 290 g/mol. The number of H-pyrrole nitrogens is 1. The van der Waals surface area contributed by atoms with Crippen molar-refractivity contribution >= 4 is 22.6 Å². The summed E-state index contributed by atoms with van der Waals surface area (Å²) in [5.41, 5.74) is 4.95. The third kappa shape index (κ3) is 2.52. The van der Waals surface area contributed by atoms with Gasteiger partial charge in [0.1, 0.15) is 5.76 Å². The smallest absolute Gasteiger partial charge is 0.229 e. The Morgan fingerprint density at radius 2 is 2.22 bits per heavy atom. The molecule has 2 heterocycles. The van der Waals surface area contributed by atoms with Gasteiger partial charge in [0.25, 0.3) is 0 Å². The molecule has 0 aliphatic heterocycles. The number of aromatic amines is 1. The predicted molar refractivity (Wildman–Crippen MR) is 88.4 cm³/mol. The average Bonchev–Trinajstić information content (AvgIpc) is 3.10. The van der Waals surface area contributed by atoms with E-state index in [1.54, 1.807) is 6.07 Å². The van der Waals surface area contributed by atoms with Crippen molar-refractivity contribution in [2.45, 2.75) is 33.1 Å². The highest BCUT2D eigenvalue weighted by Gasteiger charge is 2.27. The Bertz CT molecular complexity index is 891. The number of fused-ring (bicyclic) bond motifs is 3. The van der Waals surface area contributed by atoms with Crippen LogP contribution >= 0.6 is 0 Å². The summed E-state index contributed by atoms with van der Waals surface area (Å²) in [5, 5.41) is 7.94. The molecule has 5 nitrogen and oxygen atoms in total. The molecule has 2 aromatic heterocycles. The molecule has 0 spiro atoms. The summed E-state index contributed by atoms with van der Waals surface area (Å²) in [7, 11) is 0. The Morgan fingerprint density at radius 3 is 3.00 bits per heavy atom. The lowest BCUT2D eigenvalue weighted by atomic mass is 9.85. The number of amides is 1. The first-order valence-electron chi connectivity index (χ1n) is 7.94. The van der Waals surface area contributed by atoms with Crippen LogP contribution in [0.2, 0.25) is 0 Å². The fourth-order valence-electron chi connectivity index (χ4n) is 3.41. The van der Waals surface area contributed by atoms with Crippen LogP contribution in [0.1, 0.15) is 29.0 Å². The summed E-state index contributed by atoms with van der Waals surface area (Å²) in [6.45, 7) is 3.91. The van der Waals surface area contributed by atoms with Gasteiger partial charge in [-0.3, -0.25) is 4.79 Å². The van der Waals surface area contributed by atoms with Crippen LogP contribution in [0.15, 0.2) is 28.8 Å². The number of nitrogens with zero attached hydrogens (tertiary/aromatic N) is 1. The van der Waals surface area contributed by atoms with Gasteiger partial charge in [-0.1, -0.05) is 16.8 Å². The van der Waals surface area contributed by atoms with Crippen LogP contribution in [-0.2, 0) is 17.6 Å². The van der Waals surface area contributed by atoms with Crippen LogP contribution < -0.4 is 5.32 Å². The summed E-state index contributed by atoms with van der Waals surface area (Å²) < 4.78 is 5.00. The van der Waals surface area contributed by atoms with Crippen LogP contribution in [0, 0.1) is 19.8 Å².